The summed E-state index contributed by atoms with van der Waals surface area (Å²) in [6.07, 6.45) is 5.27. The molecule has 3 fully saturated rings. The van der Waals surface area contributed by atoms with Crippen molar-refractivity contribution in [3.05, 3.63) is 25.3 Å². The minimum absolute atomic E-state index is 0.0872. The number of amides is 4. The standard InChI is InChI=1S/C32H52N4O8S/c1-9-12-13-20(4)16-21(10-2)25(33-29(41)44-30(5,6)7)27(39)36-19-23(37)17-24(36)26(38)34-32(18-22(32)11-3)28(40)35-45(42,43)31(8)14-15-31/h9,11,20-25,37H,1,3,10,12-19H2,2,4-8H3,(H,33,41)(H,34,38)(H,35,40)/t20-,21-,22-,23-,24+,25+,32-/m1/s1. The molecule has 45 heavy (non-hydrogen) atoms. The molecule has 1 heterocycles. The summed E-state index contributed by atoms with van der Waals surface area (Å²) in [6.45, 7) is 18.0. The number of nitrogens with one attached hydrogen (secondary N) is 3. The van der Waals surface area contributed by atoms with E-state index in [2.05, 4.69) is 35.4 Å². The van der Waals surface area contributed by atoms with Crippen LogP contribution in [0.25, 0.3) is 0 Å². The molecule has 0 spiro atoms. The lowest BCUT2D eigenvalue weighted by atomic mass is 9.85. The summed E-state index contributed by atoms with van der Waals surface area (Å²) >= 11 is 0. The van der Waals surface area contributed by atoms with Crippen LogP contribution in [0.4, 0.5) is 4.79 Å². The summed E-state index contributed by atoms with van der Waals surface area (Å²) in [5.41, 5.74) is -2.35. The molecule has 0 aromatic carbocycles. The second-order valence-corrected chi connectivity index (χ2v) is 16.5. The van der Waals surface area contributed by atoms with Gasteiger partial charge in [0.05, 0.1) is 10.9 Å². The van der Waals surface area contributed by atoms with Crippen molar-refractivity contribution in [3.8, 4) is 0 Å². The topological polar surface area (TPSA) is 171 Å². The summed E-state index contributed by atoms with van der Waals surface area (Å²) in [4.78, 5) is 55.5. The number of allylic oxidation sites excluding steroid dienone is 1. The highest BCUT2D eigenvalue weighted by atomic mass is 32.2. The van der Waals surface area contributed by atoms with Crippen LogP contribution in [0.15, 0.2) is 25.3 Å². The minimum atomic E-state index is -3.96. The fourth-order valence-corrected chi connectivity index (χ4v) is 7.31. The lowest BCUT2D eigenvalue weighted by Crippen LogP contribution is -2.59. The molecule has 13 heteroatoms. The SMILES string of the molecule is C=CCC[C@@H](C)C[C@@H](CC)[C@H](NC(=O)OC(C)(C)C)C(=O)N1C[C@H](O)C[C@H]1C(=O)N[C@]1(C(=O)NS(=O)(=O)C2(C)CC2)C[C@H]1C=C. The van der Waals surface area contributed by atoms with E-state index in [1.54, 1.807) is 27.7 Å². The Balaban J connectivity index is 1.85. The Morgan fingerprint density at radius 2 is 1.82 bits per heavy atom. The molecule has 4 amide bonds. The van der Waals surface area contributed by atoms with Gasteiger partial charge < -0.3 is 25.4 Å². The quantitative estimate of drug-likeness (QED) is 0.196. The van der Waals surface area contributed by atoms with Gasteiger partial charge >= 0.3 is 6.09 Å². The van der Waals surface area contributed by atoms with Crippen molar-refractivity contribution in [2.24, 2.45) is 17.8 Å². The Hall–Kier alpha value is -2.93. The Morgan fingerprint density at radius 3 is 2.33 bits per heavy atom. The molecule has 2 aliphatic carbocycles. The molecule has 254 valence electrons. The number of sulfonamides is 1. The first-order valence-corrected chi connectivity index (χ1v) is 17.4. The van der Waals surface area contributed by atoms with Crippen LogP contribution in [0.3, 0.4) is 0 Å². The van der Waals surface area contributed by atoms with Crippen molar-refractivity contribution in [2.75, 3.05) is 6.54 Å². The lowest BCUT2D eigenvalue weighted by molar-refractivity contribution is -0.142. The van der Waals surface area contributed by atoms with E-state index in [1.807, 2.05) is 13.0 Å². The van der Waals surface area contributed by atoms with Gasteiger partial charge in [-0.15, -0.1) is 13.2 Å². The molecule has 0 radical (unpaired) electrons. The third-order valence-corrected chi connectivity index (χ3v) is 11.4. The highest BCUT2D eigenvalue weighted by molar-refractivity contribution is 7.91. The molecule has 0 unspecified atom stereocenters. The number of rotatable bonds is 15. The number of nitrogens with zero attached hydrogens (tertiary/aromatic N) is 1. The van der Waals surface area contributed by atoms with Crippen molar-refractivity contribution in [2.45, 2.75) is 127 Å². The molecular weight excluding hydrogens is 600 g/mol. The largest absolute Gasteiger partial charge is 0.444 e. The molecule has 1 saturated heterocycles. The van der Waals surface area contributed by atoms with Crippen LogP contribution >= 0.6 is 0 Å². The van der Waals surface area contributed by atoms with E-state index in [0.717, 1.165) is 12.8 Å². The van der Waals surface area contributed by atoms with E-state index < -0.39 is 73.8 Å². The first-order chi connectivity index (χ1) is 20.8. The molecule has 2 saturated carbocycles. The average Bonchev–Trinajstić information content (AvgIpc) is 3.83. The highest BCUT2D eigenvalue weighted by Crippen LogP contribution is 2.47. The van der Waals surface area contributed by atoms with Gasteiger partial charge in [0.25, 0.3) is 5.91 Å². The Labute approximate surface area is 267 Å². The van der Waals surface area contributed by atoms with Crippen molar-refractivity contribution in [3.63, 3.8) is 0 Å². The van der Waals surface area contributed by atoms with Crippen molar-refractivity contribution in [1.82, 2.24) is 20.3 Å². The lowest BCUT2D eigenvalue weighted by Gasteiger charge is -2.34. The van der Waals surface area contributed by atoms with Crippen LogP contribution < -0.4 is 15.4 Å². The second-order valence-electron chi connectivity index (χ2n) is 14.3. The van der Waals surface area contributed by atoms with Crippen LogP contribution in [0.5, 0.6) is 0 Å². The molecule has 3 aliphatic rings. The molecular formula is C32H52N4O8S. The Bertz CT molecular complexity index is 1270. The molecule has 0 bridgehead atoms. The van der Waals surface area contributed by atoms with Crippen LogP contribution in [0.1, 0.15) is 92.9 Å². The molecule has 3 rings (SSSR count). The maximum Gasteiger partial charge on any atom is 0.408 e. The zero-order valence-corrected chi connectivity index (χ0v) is 28.4. The van der Waals surface area contributed by atoms with Gasteiger partial charge in [-0.05, 0) is 78.1 Å². The van der Waals surface area contributed by atoms with Gasteiger partial charge in [0.1, 0.15) is 23.2 Å². The summed E-state index contributed by atoms with van der Waals surface area (Å²) in [6, 6.07) is -2.19. The zero-order valence-electron chi connectivity index (χ0n) is 27.6. The number of hydrogen-bond donors (Lipinski definition) is 4. The fourth-order valence-electron chi connectivity index (χ4n) is 5.99. The molecule has 12 nitrogen and oxygen atoms in total. The van der Waals surface area contributed by atoms with E-state index in [-0.39, 0.29) is 31.2 Å². The summed E-state index contributed by atoms with van der Waals surface area (Å²) < 4.78 is 32.2. The van der Waals surface area contributed by atoms with Gasteiger partial charge in [0.15, 0.2) is 0 Å². The summed E-state index contributed by atoms with van der Waals surface area (Å²) in [5, 5.41) is 16.1. The number of carbonyl (C=O) groups excluding carboxylic acids is 4. The van der Waals surface area contributed by atoms with Gasteiger partial charge in [-0.2, -0.15) is 0 Å². The van der Waals surface area contributed by atoms with Crippen LogP contribution in [-0.4, -0.2) is 82.9 Å². The first kappa shape index (κ1) is 36.5. The third kappa shape index (κ3) is 8.66. The zero-order chi connectivity index (χ0) is 34.0. The fraction of sp³-hybridized carbons (Fsp3) is 0.750. The normalized spacial score (nSPS) is 27.4. The van der Waals surface area contributed by atoms with Gasteiger partial charge in [-0.3, -0.25) is 19.1 Å². The number of alkyl carbamates (subject to hydrolysis) is 1. The van der Waals surface area contributed by atoms with Crippen LogP contribution in [0.2, 0.25) is 0 Å². The summed E-state index contributed by atoms with van der Waals surface area (Å²) in [7, 11) is -3.96. The van der Waals surface area contributed by atoms with E-state index in [4.69, 9.17) is 4.74 Å². The van der Waals surface area contributed by atoms with E-state index in [1.165, 1.54) is 11.0 Å². The number of aliphatic hydroxyl groups excluding tert-OH is 1. The van der Waals surface area contributed by atoms with Gasteiger partial charge in [0.2, 0.25) is 21.8 Å². The van der Waals surface area contributed by atoms with E-state index >= 15 is 0 Å². The number of β-amino-alcohol motifs (C(OH)–C–C–N with tert-alkyl or cyclic N) is 1. The number of hydrogen-bond acceptors (Lipinski definition) is 8. The molecule has 0 aromatic heterocycles. The predicted molar refractivity (Wildman–Crippen MR) is 170 cm³/mol. The van der Waals surface area contributed by atoms with E-state index in [0.29, 0.717) is 25.7 Å². The number of aliphatic hydroxyl groups is 1. The highest BCUT2D eigenvalue weighted by Gasteiger charge is 2.63. The molecule has 0 aromatic rings. The molecule has 4 N–H and O–H groups in total. The minimum Gasteiger partial charge on any atom is -0.444 e. The summed E-state index contributed by atoms with van der Waals surface area (Å²) in [5.74, 6) is -2.69. The number of carbonyl (C=O) groups is 4. The van der Waals surface area contributed by atoms with Crippen molar-refractivity contribution >= 4 is 33.8 Å². The average molecular weight is 653 g/mol. The van der Waals surface area contributed by atoms with Gasteiger partial charge in [-0.25, -0.2) is 13.2 Å². The maximum absolute atomic E-state index is 14.2. The van der Waals surface area contributed by atoms with E-state index in [9.17, 15) is 32.7 Å². The Morgan fingerprint density at radius 1 is 1.18 bits per heavy atom. The smallest absolute Gasteiger partial charge is 0.408 e. The van der Waals surface area contributed by atoms with Crippen LogP contribution in [0, 0.1) is 17.8 Å². The monoisotopic (exact) mass is 652 g/mol. The van der Waals surface area contributed by atoms with Crippen LogP contribution in [-0.2, 0) is 29.1 Å². The van der Waals surface area contributed by atoms with Gasteiger partial charge in [-0.1, -0.05) is 32.4 Å². The number of likely N-dealkylation sites (tertiary alicyclic amines) is 1. The molecule has 1 aliphatic heterocycles. The Kier molecular flexibility index (Phi) is 11.2. The maximum atomic E-state index is 14.2. The third-order valence-electron chi connectivity index (χ3n) is 9.25. The van der Waals surface area contributed by atoms with Gasteiger partial charge in [0, 0.05) is 18.9 Å². The first-order valence-electron chi connectivity index (χ1n) is 15.9. The van der Waals surface area contributed by atoms with Crippen molar-refractivity contribution < 1.29 is 37.4 Å². The molecule has 7 atom stereocenters. The number of ether oxygens (including phenoxy) is 1. The second kappa shape index (κ2) is 13.8. The predicted octanol–water partition coefficient (Wildman–Crippen LogP) is 2.92. The van der Waals surface area contributed by atoms with Crippen molar-refractivity contribution in [1.29, 1.82) is 0 Å².